The molecule has 0 aromatic carbocycles. The molecule has 4 heteroatoms. The number of halogens is 1. The van der Waals surface area contributed by atoms with Gasteiger partial charge in [0.2, 0.25) is 0 Å². The van der Waals surface area contributed by atoms with Crippen LogP contribution in [0, 0.1) is 0 Å². The molecule has 17 heavy (non-hydrogen) atoms. The molecule has 1 aliphatic rings. The van der Waals surface area contributed by atoms with E-state index in [1.165, 1.54) is 20.5 Å². The number of hydrogen-bond donors (Lipinski definition) is 0. The van der Waals surface area contributed by atoms with Gasteiger partial charge >= 0.3 is 0 Å². The average Bonchev–Trinajstić information content (AvgIpc) is 2.35. The Morgan fingerprint density at radius 2 is 2.00 bits per heavy atom. The number of carbonyl (C=O) groups excluding carboxylic acids is 1. The highest BCUT2D eigenvalue weighted by molar-refractivity contribution is 5.84. The summed E-state index contributed by atoms with van der Waals surface area (Å²) in [5.41, 5.74) is -1.80. The zero-order valence-corrected chi connectivity index (χ0v) is 11.2. The summed E-state index contributed by atoms with van der Waals surface area (Å²) in [5.74, 6) is -0.401. The number of rotatable bonds is 5. The third-order valence-corrected chi connectivity index (χ3v) is 3.66. The van der Waals surface area contributed by atoms with Crippen LogP contribution in [0.4, 0.5) is 4.39 Å². The molecule has 0 bridgehead atoms. The molecule has 0 aromatic rings. The molecule has 1 saturated carbocycles. The second kappa shape index (κ2) is 6.34. The minimum absolute atomic E-state index is 0.124. The molecule has 0 heterocycles. The summed E-state index contributed by atoms with van der Waals surface area (Å²) in [4.78, 5) is 13.7. The van der Waals surface area contributed by atoms with Gasteiger partial charge in [-0.2, -0.15) is 0 Å². The van der Waals surface area contributed by atoms with Crippen LogP contribution in [0.3, 0.4) is 0 Å². The highest BCUT2D eigenvalue weighted by atomic mass is 19.1. The summed E-state index contributed by atoms with van der Waals surface area (Å²) in [6.07, 6.45) is 5.65. The van der Waals surface area contributed by atoms with E-state index < -0.39 is 11.6 Å². The van der Waals surface area contributed by atoms with Crippen molar-refractivity contribution >= 4 is 5.91 Å². The van der Waals surface area contributed by atoms with Crippen LogP contribution in [0.1, 0.15) is 45.4 Å². The first-order valence-electron chi connectivity index (χ1n) is 6.44. The molecule has 0 aromatic heterocycles. The van der Waals surface area contributed by atoms with Crippen LogP contribution in [0.15, 0.2) is 0 Å². The van der Waals surface area contributed by atoms with Crippen molar-refractivity contribution in [3.05, 3.63) is 0 Å². The van der Waals surface area contributed by atoms with E-state index in [1.807, 2.05) is 0 Å². The summed E-state index contributed by atoms with van der Waals surface area (Å²) in [7, 11) is 3.24. The number of ether oxygens (including phenoxy) is 1. The Kier molecular flexibility index (Phi) is 5.37. The molecule has 0 N–H and O–H groups in total. The molecule has 0 radical (unpaired) electrons. The second-order valence-electron chi connectivity index (χ2n) is 5.15. The van der Waals surface area contributed by atoms with Crippen molar-refractivity contribution < 1.29 is 13.9 Å². The van der Waals surface area contributed by atoms with Crippen molar-refractivity contribution in [2.75, 3.05) is 20.8 Å². The van der Waals surface area contributed by atoms with Crippen LogP contribution >= 0.6 is 0 Å². The van der Waals surface area contributed by atoms with Crippen molar-refractivity contribution in [3.8, 4) is 0 Å². The predicted molar refractivity (Wildman–Crippen MR) is 65.6 cm³/mol. The lowest BCUT2D eigenvalue weighted by molar-refractivity contribution is -0.145. The first-order chi connectivity index (χ1) is 7.99. The summed E-state index contributed by atoms with van der Waals surface area (Å²) < 4.78 is 19.0. The molecule has 1 amide bonds. The molecule has 1 atom stereocenters. The summed E-state index contributed by atoms with van der Waals surface area (Å²) in [6.45, 7) is 1.63. The van der Waals surface area contributed by atoms with Crippen LogP contribution in [-0.2, 0) is 9.53 Å². The number of carbonyl (C=O) groups is 1. The first-order valence-corrected chi connectivity index (χ1v) is 6.44. The monoisotopic (exact) mass is 245 g/mol. The Labute approximate surface area is 103 Å². The van der Waals surface area contributed by atoms with E-state index in [0.717, 1.165) is 25.7 Å². The molecule has 0 aliphatic heterocycles. The van der Waals surface area contributed by atoms with Gasteiger partial charge in [0.25, 0.3) is 5.91 Å². The predicted octanol–water partition coefficient (Wildman–Crippen LogP) is 2.54. The van der Waals surface area contributed by atoms with E-state index >= 15 is 0 Å². The SMILES string of the molecule is COCCC(C)(F)C(=O)N(C)C1CCCCC1. The lowest BCUT2D eigenvalue weighted by Gasteiger charge is -2.34. The molecule has 3 nitrogen and oxygen atoms in total. The van der Waals surface area contributed by atoms with E-state index in [9.17, 15) is 9.18 Å². The molecular weight excluding hydrogens is 221 g/mol. The summed E-state index contributed by atoms with van der Waals surface area (Å²) in [6, 6.07) is 0.217. The fourth-order valence-corrected chi connectivity index (χ4v) is 2.40. The lowest BCUT2D eigenvalue weighted by Crippen LogP contribution is -2.48. The van der Waals surface area contributed by atoms with Crippen molar-refractivity contribution in [2.45, 2.75) is 57.2 Å². The minimum Gasteiger partial charge on any atom is -0.385 e. The van der Waals surface area contributed by atoms with Gasteiger partial charge < -0.3 is 9.64 Å². The van der Waals surface area contributed by atoms with Crippen LogP contribution in [0.2, 0.25) is 0 Å². The van der Waals surface area contributed by atoms with E-state index in [-0.39, 0.29) is 19.1 Å². The third kappa shape index (κ3) is 3.95. The van der Waals surface area contributed by atoms with Crippen LogP contribution in [0.25, 0.3) is 0 Å². The van der Waals surface area contributed by atoms with E-state index in [2.05, 4.69) is 0 Å². The Morgan fingerprint density at radius 1 is 1.41 bits per heavy atom. The van der Waals surface area contributed by atoms with E-state index in [1.54, 1.807) is 11.9 Å². The minimum atomic E-state index is -1.80. The lowest BCUT2D eigenvalue weighted by atomic mass is 9.93. The molecular formula is C13H24FNO2. The van der Waals surface area contributed by atoms with Gasteiger partial charge in [0, 0.05) is 33.2 Å². The van der Waals surface area contributed by atoms with Gasteiger partial charge in [-0.1, -0.05) is 19.3 Å². The maximum Gasteiger partial charge on any atom is 0.260 e. The fourth-order valence-electron chi connectivity index (χ4n) is 2.40. The largest absolute Gasteiger partial charge is 0.385 e. The van der Waals surface area contributed by atoms with Crippen LogP contribution < -0.4 is 0 Å². The van der Waals surface area contributed by atoms with Gasteiger partial charge in [-0.05, 0) is 19.8 Å². The number of alkyl halides is 1. The Hall–Kier alpha value is -0.640. The van der Waals surface area contributed by atoms with Gasteiger partial charge in [0.05, 0.1) is 0 Å². The molecule has 1 fully saturated rings. The van der Waals surface area contributed by atoms with Gasteiger partial charge in [-0.25, -0.2) is 4.39 Å². The zero-order chi connectivity index (χ0) is 12.9. The fraction of sp³-hybridized carbons (Fsp3) is 0.923. The van der Waals surface area contributed by atoms with Gasteiger partial charge in [-0.3, -0.25) is 4.79 Å². The van der Waals surface area contributed by atoms with Crippen molar-refractivity contribution in [1.82, 2.24) is 4.90 Å². The normalized spacial score (nSPS) is 20.9. The molecule has 1 aliphatic carbocycles. The maximum atomic E-state index is 14.2. The van der Waals surface area contributed by atoms with E-state index in [0.29, 0.717) is 0 Å². The molecule has 0 spiro atoms. The van der Waals surface area contributed by atoms with Gasteiger partial charge in [0.1, 0.15) is 0 Å². The van der Waals surface area contributed by atoms with Crippen LogP contribution in [0.5, 0.6) is 0 Å². The van der Waals surface area contributed by atoms with Gasteiger partial charge in [0.15, 0.2) is 5.67 Å². The Morgan fingerprint density at radius 3 is 2.53 bits per heavy atom. The number of hydrogen-bond acceptors (Lipinski definition) is 2. The quantitative estimate of drug-likeness (QED) is 0.745. The smallest absolute Gasteiger partial charge is 0.260 e. The Bertz CT molecular complexity index is 250. The number of nitrogens with zero attached hydrogens (tertiary/aromatic N) is 1. The average molecular weight is 245 g/mol. The first kappa shape index (κ1) is 14.4. The summed E-state index contributed by atoms with van der Waals surface area (Å²) >= 11 is 0. The highest BCUT2D eigenvalue weighted by Crippen LogP contribution is 2.26. The van der Waals surface area contributed by atoms with Crippen LogP contribution in [-0.4, -0.2) is 43.3 Å². The zero-order valence-electron chi connectivity index (χ0n) is 11.2. The standard InChI is InChI=1S/C13H24FNO2/c1-13(14,9-10-17-3)12(16)15(2)11-7-5-4-6-8-11/h11H,4-10H2,1-3H3. The van der Waals surface area contributed by atoms with Gasteiger partial charge in [-0.15, -0.1) is 0 Å². The molecule has 1 rings (SSSR count). The topological polar surface area (TPSA) is 29.5 Å². The Balaban J connectivity index is 2.54. The summed E-state index contributed by atoms with van der Waals surface area (Å²) in [5, 5.41) is 0. The van der Waals surface area contributed by atoms with E-state index in [4.69, 9.17) is 4.74 Å². The third-order valence-electron chi connectivity index (χ3n) is 3.66. The number of amides is 1. The second-order valence-corrected chi connectivity index (χ2v) is 5.15. The van der Waals surface area contributed by atoms with Crippen molar-refractivity contribution in [3.63, 3.8) is 0 Å². The molecule has 1 unspecified atom stereocenters. The van der Waals surface area contributed by atoms with Crippen molar-refractivity contribution in [1.29, 1.82) is 0 Å². The molecule has 100 valence electrons. The van der Waals surface area contributed by atoms with Crippen molar-refractivity contribution in [2.24, 2.45) is 0 Å². The number of methoxy groups -OCH3 is 1. The highest BCUT2D eigenvalue weighted by Gasteiger charge is 2.37. The molecule has 0 saturated heterocycles. The maximum absolute atomic E-state index is 14.2.